The van der Waals surface area contributed by atoms with Crippen molar-refractivity contribution in [2.45, 2.75) is 33.2 Å². The molecule has 0 aromatic rings. The Kier molecular flexibility index (Phi) is 4.12. The van der Waals surface area contributed by atoms with Crippen LogP contribution < -0.4 is 0 Å². The molecule has 4 heteroatoms. The second kappa shape index (κ2) is 4.91. The molecule has 1 unspecified atom stereocenters. The van der Waals surface area contributed by atoms with E-state index in [1.165, 1.54) is 0 Å². The zero-order valence-corrected chi connectivity index (χ0v) is 8.54. The molecule has 1 atom stereocenters. The standard InChI is InChI=1S/C9H18O4/c1-4-10-9(11-5-2)8(3)6-7-12-13-9/h8H,4-7H2,1-3H3. The first-order valence-corrected chi connectivity index (χ1v) is 4.83. The third-order valence-corrected chi connectivity index (χ3v) is 2.10. The second-order valence-corrected chi connectivity index (χ2v) is 3.06. The van der Waals surface area contributed by atoms with Gasteiger partial charge in [-0.2, -0.15) is 4.89 Å². The highest BCUT2D eigenvalue weighted by molar-refractivity contribution is 4.68. The summed E-state index contributed by atoms with van der Waals surface area (Å²) in [7, 11) is 0. The van der Waals surface area contributed by atoms with Crippen LogP contribution in [0.2, 0.25) is 0 Å². The maximum atomic E-state index is 5.45. The Morgan fingerprint density at radius 1 is 1.31 bits per heavy atom. The average Bonchev–Trinajstić information content (AvgIpc) is 2.11. The van der Waals surface area contributed by atoms with Gasteiger partial charge in [-0.05, 0) is 20.3 Å². The zero-order valence-electron chi connectivity index (χ0n) is 8.54. The molecule has 0 N–H and O–H groups in total. The summed E-state index contributed by atoms with van der Waals surface area (Å²) in [4.78, 5) is 10.0. The van der Waals surface area contributed by atoms with Gasteiger partial charge >= 0.3 is 5.97 Å². The Hall–Kier alpha value is -0.160. The molecule has 0 aromatic heterocycles. The van der Waals surface area contributed by atoms with Crippen LogP contribution in [0, 0.1) is 5.92 Å². The molecule has 1 aliphatic heterocycles. The van der Waals surface area contributed by atoms with Crippen molar-refractivity contribution in [3.8, 4) is 0 Å². The van der Waals surface area contributed by atoms with E-state index >= 15 is 0 Å². The Morgan fingerprint density at radius 2 is 1.92 bits per heavy atom. The smallest absolute Gasteiger partial charge is 0.314 e. The predicted molar refractivity (Wildman–Crippen MR) is 46.8 cm³/mol. The highest BCUT2D eigenvalue weighted by Crippen LogP contribution is 2.31. The minimum Gasteiger partial charge on any atom is -0.326 e. The molecule has 0 saturated carbocycles. The van der Waals surface area contributed by atoms with Gasteiger partial charge in [-0.15, -0.1) is 0 Å². The van der Waals surface area contributed by atoms with Gasteiger partial charge in [-0.25, -0.2) is 4.89 Å². The van der Waals surface area contributed by atoms with Crippen LogP contribution in [0.4, 0.5) is 0 Å². The average molecular weight is 190 g/mol. The molecule has 1 fully saturated rings. The quantitative estimate of drug-likeness (QED) is 0.499. The van der Waals surface area contributed by atoms with E-state index < -0.39 is 5.97 Å². The Labute approximate surface area is 79.0 Å². The van der Waals surface area contributed by atoms with Crippen molar-refractivity contribution in [1.82, 2.24) is 0 Å². The number of hydrogen-bond acceptors (Lipinski definition) is 4. The molecular weight excluding hydrogens is 172 g/mol. The molecule has 4 nitrogen and oxygen atoms in total. The molecule has 0 amide bonds. The van der Waals surface area contributed by atoms with Crippen LogP contribution >= 0.6 is 0 Å². The predicted octanol–water partition coefficient (Wildman–Crippen LogP) is 1.70. The van der Waals surface area contributed by atoms with Crippen molar-refractivity contribution >= 4 is 0 Å². The van der Waals surface area contributed by atoms with E-state index in [0.29, 0.717) is 19.8 Å². The molecule has 1 saturated heterocycles. The van der Waals surface area contributed by atoms with Gasteiger partial charge in [0, 0.05) is 19.1 Å². The number of rotatable bonds is 4. The van der Waals surface area contributed by atoms with Gasteiger partial charge in [0.2, 0.25) is 0 Å². The Bertz CT molecular complexity index is 137. The Balaban J connectivity index is 2.61. The summed E-state index contributed by atoms with van der Waals surface area (Å²) in [5, 5.41) is 0. The van der Waals surface area contributed by atoms with Gasteiger partial charge < -0.3 is 9.47 Å². The van der Waals surface area contributed by atoms with Gasteiger partial charge in [-0.1, -0.05) is 6.92 Å². The largest absolute Gasteiger partial charge is 0.326 e. The summed E-state index contributed by atoms with van der Waals surface area (Å²) in [6.45, 7) is 7.55. The Morgan fingerprint density at radius 3 is 2.38 bits per heavy atom. The first-order chi connectivity index (χ1) is 6.25. The SMILES string of the molecule is CCOC1(OCC)OOCCC1C. The topological polar surface area (TPSA) is 36.9 Å². The van der Waals surface area contributed by atoms with Crippen LogP contribution in [0.15, 0.2) is 0 Å². The van der Waals surface area contributed by atoms with Crippen molar-refractivity contribution in [1.29, 1.82) is 0 Å². The van der Waals surface area contributed by atoms with Crippen LogP contribution in [0.1, 0.15) is 27.2 Å². The van der Waals surface area contributed by atoms with E-state index in [4.69, 9.17) is 19.2 Å². The first kappa shape index (κ1) is 10.9. The fourth-order valence-electron chi connectivity index (χ4n) is 1.38. The van der Waals surface area contributed by atoms with Crippen LogP contribution in [0.3, 0.4) is 0 Å². The maximum absolute atomic E-state index is 5.45. The molecule has 1 rings (SSSR count). The van der Waals surface area contributed by atoms with Crippen LogP contribution in [-0.2, 0) is 19.2 Å². The monoisotopic (exact) mass is 190 g/mol. The van der Waals surface area contributed by atoms with Gasteiger partial charge in [0.1, 0.15) is 0 Å². The van der Waals surface area contributed by atoms with Crippen molar-refractivity contribution in [2.24, 2.45) is 5.92 Å². The summed E-state index contributed by atoms with van der Waals surface area (Å²) < 4.78 is 10.9. The lowest BCUT2D eigenvalue weighted by Gasteiger charge is -2.38. The molecule has 1 aliphatic rings. The third kappa shape index (κ3) is 2.40. The number of ether oxygens (including phenoxy) is 2. The van der Waals surface area contributed by atoms with E-state index in [-0.39, 0.29) is 5.92 Å². The lowest BCUT2D eigenvalue weighted by Crippen LogP contribution is -2.48. The molecule has 1 heterocycles. The number of hydrogen-bond donors (Lipinski definition) is 0. The van der Waals surface area contributed by atoms with Gasteiger partial charge in [0.05, 0.1) is 6.61 Å². The first-order valence-electron chi connectivity index (χ1n) is 4.83. The zero-order chi connectivity index (χ0) is 9.73. The summed E-state index contributed by atoms with van der Waals surface area (Å²) in [5.41, 5.74) is 0. The minimum absolute atomic E-state index is 0.196. The van der Waals surface area contributed by atoms with Crippen molar-refractivity contribution < 1.29 is 19.2 Å². The van der Waals surface area contributed by atoms with Gasteiger partial charge in [0.25, 0.3) is 0 Å². The second-order valence-electron chi connectivity index (χ2n) is 3.06. The summed E-state index contributed by atoms with van der Waals surface area (Å²) in [6, 6.07) is 0. The van der Waals surface area contributed by atoms with Crippen LogP contribution in [0.25, 0.3) is 0 Å². The molecule has 78 valence electrons. The highest BCUT2D eigenvalue weighted by Gasteiger charge is 2.43. The molecule has 0 aliphatic carbocycles. The van der Waals surface area contributed by atoms with Gasteiger partial charge in [0.15, 0.2) is 0 Å². The van der Waals surface area contributed by atoms with Crippen LogP contribution in [0.5, 0.6) is 0 Å². The molecule has 0 spiro atoms. The van der Waals surface area contributed by atoms with E-state index in [9.17, 15) is 0 Å². The van der Waals surface area contributed by atoms with E-state index in [0.717, 1.165) is 6.42 Å². The minimum atomic E-state index is -0.984. The third-order valence-electron chi connectivity index (χ3n) is 2.10. The summed E-state index contributed by atoms with van der Waals surface area (Å²) >= 11 is 0. The van der Waals surface area contributed by atoms with Crippen molar-refractivity contribution in [2.75, 3.05) is 19.8 Å². The van der Waals surface area contributed by atoms with Crippen molar-refractivity contribution in [3.05, 3.63) is 0 Å². The van der Waals surface area contributed by atoms with Crippen molar-refractivity contribution in [3.63, 3.8) is 0 Å². The lowest BCUT2D eigenvalue weighted by molar-refractivity contribution is -0.538. The molecule has 0 aromatic carbocycles. The van der Waals surface area contributed by atoms with E-state index in [1.807, 2.05) is 20.8 Å². The van der Waals surface area contributed by atoms with Gasteiger partial charge in [-0.3, -0.25) is 0 Å². The molecule has 13 heavy (non-hydrogen) atoms. The van der Waals surface area contributed by atoms with Crippen LogP contribution in [-0.4, -0.2) is 25.8 Å². The fraction of sp³-hybridized carbons (Fsp3) is 1.00. The highest BCUT2D eigenvalue weighted by atomic mass is 17.3. The van der Waals surface area contributed by atoms with E-state index in [1.54, 1.807) is 0 Å². The van der Waals surface area contributed by atoms with E-state index in [2.05, 4.69) is 0 Å². The summed E-state index contributed by atoms with van der Waals surface area (Å²) in [5.74, 6) is -0.789. The molecule has 0 radical (unpaired) electrons. The fourth-order valence-corrected chi connectivity index (χ4v) is 1.38. The normalized spacial score (nSPS) is 27.5. The summed E-state index contributed by atoms with van der Waals surface area (Å²) in [6.07, 6.45) is 0.889. The maximum Gasteiger partial charge on any atom is 0.314 e. The lowest BCUT2D eigenvalue weighted by atomic mass is 10.1. The molecule has 0 bridgehead atoms. The molecular formula is C9H18O4.